The molecule has 1 aromatic carbocycles. The van der Waals surface area contributed by atoms with Crippen LogP contribution in [0, 0.1) is 12.8 Å². The highest BCUT2D eigenvalue weighted by atomic mass is 32.1. The van der Waals surface area contributed by atoms with Gasteiger partial charge in [0.1, 0.15) is 11.8 Å². The molecule has 168 valence electrons. The van der Waals surface area contributed by atoms with Crippen molar-refractivity contribution in [3.05, 3.63) is 64.0 Å². The van der Waals surface area contributed by atoms with Gasteiger partial charge >= 0.3 is 0 Å². The van der Waals surface area contributed by atoms with Gasteiger partial charge in [0, 0.05) is 23.3 Å². The number of carbonyl (C=O) groups excluding carboxylic acids is 1. The summed E-state index contributed by atoms with van der Waals surface area (Å²) in [5.74, 6) is 1.04. The third-order valence-electron chi connectivity index (χ3n) is 6.24. The van der Waals surface area contributed by atoms with Crippen molar-refractivity contribution in [2.24, 2.45) is 5.92 Å². The van der Waals surface area contributed by atoms with Crippen molar-refractivity contribution in [2.75, 3.05) is 12.4 Å². The molecule has 1 amide bonds. The number of nitrogens with zero attached hydrogens (tertiary/aromatic N) is 2. The Labute approximate surface area is 192 Å². The van der Waals surface area contributed by atoms with Crippen LogP contribution in [0.5, 0.6) is 5.75 Å². The fraction of sp³-hybridized carbons (Fsp3) is 0.400. The Morgan fingerprint density at radius 3 is 2.56 bits per heavy atom. The van der Waals surface area contributed by atoms with E-state index in [0.29, 0.717) is 17.5 Å². The van der Waals surface area contributed by atoms with Crippen molar-refractivity contribution in [1.82, 2.24) is 9.55 Å². The van der Waals surface area contributed by atoms with Gasteiger partial charge in [-0.3, -0.25) is 9.59 Å². The van der Waals surface area contributed by atoms with Gasteiger partial charge in [0.25, 0.3) is 5.56 Å². The highest BCUT2D eigenvalue weighted by molar-refractivity contribution is 7.13. The van der Waals surface area contributed by atoms with E-state index in [1.807, 2.05) is 42.6 Å². The molecule has 2 aromatic heterocycles. The Bertz CT molecular complexity index is 1100. The monoisotopic (exact) mass is 451 g/mol. The number of hydrogen-bond donors (Lipinski definition) is 1. The number of aromatic nitrogens is 2. The number of nitrogens with one attached hydrogen (secondary N) is 1. The highest BCUT2D eigenvalue weighted by Crippen LogP contribution is 2.32. The second kappa shape index (κ2) is 10.1. The van der Waals surface area contributed by atoms with E-state index in [0.717, 1.165) is 35.4 Å². The van der Waals surface area contributed by atoms with Crippen molar-refractivity contribution >= 4 is 22.4 Å². The largest absolute Gasteiger partial charge is 0.497 e. The SMILES string of the molecule is COc1ccc(-c2cc(C)n(C(CC3CCCCC3)C(=O)Nc3nccs3)c(=O)c2)cc1. The van der Waals surface area contributed by atoms with E-state index in [1.165, 1.54) is 30.6 Å². The summed E-state index contributed by atoms with van der Waals surface area (Å²) in [5.41, 5.74) is 2.39. The number of hydrogen-bond acceptors (Lipinski definition) is 5. The lowest BCUT2D eigenvalue weighted by molar-refractivity contribution is -0.120. The van der Waals surface area contributed by atoms with Crippen molar-refractivity contribution < 1.29 is 9.53 Å². The van der Waals surface area contributed by atoms with E-state index < -0.39 is 6.04 Å². The van der Waals surface area contributed by atoms with Crippen molar-refractivity contribution in [3.8, 4) is 16.9 Å². The average Bonchev–Trinajstić information content (AvgIpc) is 3.31. The van der Waals surface area contributed by atoms with Crippen LogP contribution >= 0.6 is 11.3 Å². The molecule has 1 atom stereocenters. The molecule has 6 nitrogen and oxygen atoms in total. The van der Waals surface area contributed by atoms with Crippen molar-refractivity contribution in [1.29, 1.82) is 0 Å². The lowest BCUT2D eigenvalue weighted by atomic mass is 9.84. The van der Waals surface area contributed by atoms with E-state index in [4.69, 9.17) is 4.74 Å². The van der Waals surface area contributed by atoms with Crippen LogP contribution in [0.25, 0.3) is 11.1 Å². The summed E-state index contributed by atoms with van der Waals surface area (Å²) in [4.78, 5) is 30.8. The first kappa shape index (κ1) is 22.3. The first-order valence-electron chi connectivity index (χ1n) is 11.1. The number of amides is 1. The molecule has 0 spiro atoms. The van der Waals surface area contributed by atoms with Crippen molar-refractivity contribution in [2.45, 2.75) is 51.5 Å². The standard InChI is InChI=1S/C25H29N3O3S/c1-17-14-20(19-8-10-21(31-2)11-9-19)16-23(29)28(17)22(15-18-6-4-3-5-7-18)24(30)27-25-26-12-13-32-25/h8-14,16,18,22H,3-7,15H2,1-2H3,(H,26,27,30). The Hall–Kier alpha value is -2.93. The van der Waals surface area contributed by atoms with E-state index in [1.54, 1.807) is 23.9 Å². The van der Waals surface area contributed by atoms with Crippen LogP contribution in [0.2, 0.25) is 0 Å². The molecule has 7 heteroatoms. The minimum absolute atomic E-state index is 0.161. The molecule has 1 saturated carbocycles. The summed E-state index contributed by atoms with van der Waals surface area (Å²) in [6.45, 7) is 1.90. The van der Waals surface area contributed by atoms with E-state index in [-0.39, 0.29) is 11.5 Å². The molecule has 1 fully saturated rings. The van der Waals surface area contributed by atoms with Crippen LogP contribution in [0.1, 0.15) is 50.3 Å². The summed E-state index contributed by atoms with van der Waals surface area (Å²) in [5, 5.41) is 5.30. The maximum absolute atomic E-state index is 13.3. The second-order valence-electron chi connectivity index (χ2n) is 8.40. The zero-order valence-electron chi connectivity index (χ0n) is 18.5. The Kier molecular flexibility index (Phi) is 7.05. The Balaban J connectivity index is 1.66. The molecule has 1 aliphatic carbocycles. The number of carbonyl (C=O) groups is 1. The number of ether oxygens (including phenoxy) is 1. The van der Waals surface area contributed by atoms with Gasteiger partial charge in [0.2, 0.25) is 5.91 Å². The normalized spacial score (nSPS) is 15.3. The van der Waals surface area contributed by atoms with Crippen LogP contribution in [0.15, 0.2) is 52.8 Å². The summed E-state index contributed by atoms with van der Waals surface area (Å²) < 4.78 is 6.89. The van der Waals surface area contributed by atoms with Gasteiger partial charge in [-0.05, 0) is 48.6 Å². The van der Waals surface area contributed by atoms with Crippen LogP contribution < -0.4 is 15.6 Å². The van der Waals surface area contributed by atoms with Crippen LogP contribution in [0.4, 0.5) is 5.13 Å². The van der Waals surface area contributed by atoms with Gasteiger partial charge in [0.05, 0.1) is 7.11 Å². The smallest absolute Gasteiger partial charge is 0.252 e. The number of anilines is 1. The minimum Gasteiger partial charge on any atom is -0.497 e. The molecule has 1 aliphatic rings. The van der Waals surface area contributed by atoms with Gasteiger partial charge in [-0.25, -0.2) is 4.98 Å². The van der Waals surface area contributed by atoms with Gasteiger partial charge in [-0.2, -0.15) is 0 Å². The zero-order chi connectivity index (χ0) is 22.5. The Morgan fingerprint density at radius 1 is 1.19 bits per heavy atom. The van der Waals surface area contributed by atoms with Crippen molar-refractivity contribution in [3.63, 3.8) is 0 Å². The number of thiazole rings is 1. The molecule has 0 saturated heterocycles. The molecule has 3 aromatic rings. The Morgan fingerprint density at radius 2 is 1.94 bits per heavy atom. The summed E-state index contributed by atoms with van der Waals surface area (Å²) in [6, 6.07) is 10.7. The number of aryl methyl sites for hydroxylation is 1. The molecular weight excluding hydrogens is 422 g/mol. The number of rotatable bonds is 7. The number of benzene rings is 1. The molecule has 0 bridgehead atoms. The first-order chi connectivity index (χ1) is 15.5. The predicted octanol–water partition coefficient (Wildman–Crippen LogP) is 5.44. The quantitative estimate of drug-likeness (QED) is 0.519. The number of methoxy groups -OCH3 is 1. The molecule has 1 N–H and O–H groups in total. The van der Waals surface area contributed by atoms with Crippen LogP contribution in [-0.4, -0.2) is 22.6 Å². The van der Waals surface area contributed by atoms with Gasteiger partial charge in [-0.1, -0.05) is 44.2 Å². The molecule has 0 aliphatic heterocycles. The van der Waals surface area contributed by atoms with Gasteiger partial charge < -0.3 is 14.6 Å². The second-order valence-corrected chi connectivity index (χ2v) is 9.30. The van der Waals surface area contributed by atoms with Crippen LogP contribution in [-0.2, 0) is 4.79 Å². The average molecular weight is 452 g/mol. The lowest BCUT2D eigenvalue weighted by Crippen LogP contribution is -2.36. The van der Waals surface area contributed by atoms with E-state index >= 15 is 0 Å². The molecule has 4 rings (SSSR count). The van der Waals surface area contributed by atoms with Gasteiger partial charge in [-0.15, -0.1) is 11.3 Å². The lowest BCUT2D eigenvalue weighted by Gasteiger charge is -2.28. The third-order valence-corrected chi connectivity index (χ3v) is 6.93. The number of pyridine rings is 1. The topological polar surface area (TPSA) is 73.2 Å². The summed E-state index contributed by atoms with van der Waals surface area (Å²) in [6.07, 6.45) is 8.18. The fourth-order valence-electron chi connectivity index (χ4n) is 4.60. The molecule has 0 radical (unpaired) electrons. The molecule has 1 unspecified atom stereocenters. The van der Waals surface area contributed by atoms with Crippen LogP contribution in [0.3, 0.4) is 0 Å². The molecule has 2 heterocycles. The van der Waals surface area contributed by atoms with Gasteiger partial charge in [0.15, 0.2) is 5.13 Å². The third kappa shape index (κ3) is 5.10. The fourth-order valence-corrected chi connectivity index (χ4v) is 5.14. The highest BCUT2D eigenvalue weighted by Gasteiger charge is 2.28. The molecule has 32 heavy (non-hydrogen) atoms. The van der Waals surface area contributed by atoms with E-state index in [2.05, 4.69) is 10.3 Å². The summed E-state index contributed by atoms with van der Waals surface area (Å²) in [7, 11) is 1.63. The maximum Gasteiger partial charge on any atom is 0.252 e. The minimum atomic E-state index is -0.556. The van der Waals surface area contributed by atoms with E-state index in [9.17, 15) is 9.59 Å². The predicted molar refractivity (Wildman–Crippen MR) is 128 cm³/mol. The first-order valence-corrected chi connectivity index (χ1v) is 12.0. The summed E-state index contributed by atoms with van der Waals surface area (Å²) >= 11 is 1.38. The maximum atomic E-state index is 13.3. The zero-order valence-corrected chi connectivity index (χ0v) is 19.4. The molecular formula is C25H29N3O3S.